The summed E-state index contributed by atoms with van der Waals surface area (Å²) in [7, 11) is 0. The minimum absolute atomic E-state index is 0.140. The standard InChI is InChI=1S/C17H14O3/c1-12-6-8-13(9-7-12)17(18)19-11-15-10-14-4-2-3-5-16(14)20-15/h2-10H,11H2,1H3. The first kappa shape index (κ1) is 12.5. The first-order valence-corrected chi connectivity index (χ1v) is 6.43. The minimum atomic E-state index is -0.342. The molecular formula is C17H14O3. The van der Waals surface area contributed by atoms with Gasteiger partial charge in [0.2, 0.25) is 0 Å². The zero-order valence-corrected chi connectivity index (χ0v) is 11.1. The number of furan rings is 1. The molecule has 100 valence electrons. The van der Waals surface area contributed by atoms with Crippen LogP contribution in [-0.2, 0) is 11.3 Å². The van der Waals surface area contributed by atoms with Gasteiger partial charge in [-0.2, -0.15) is 0 Å². The van der Waals surface area contributed by atoms with Crippen LogP contribution in [0.3, 0.4) is 0 Å². The van der Waals surface area contributed by atoms with Crippen molar-refractivity contribution in [3.05, 3.63) is 71.5 Å². The van der Waals surface area contributed by atoms with Crippen molar-refractivity contribution in [2.75, 3.05) is 0 Å². The molecule has 0 saturated heterocycles. The number of hydrogen-bond acceptors (Lipinski definition) is 3. The van der Waals surface area contributed by atoms with Gasteiger partial charge in [-0.25, -0.2) is 4.79 Å². The molecule has 3 aromatic rings. The number of para-hydroxylation sites is 1. The van der Waals surface area contributed by atoms with Gasteiger partial charge in [0.1, 0.15) is 18.0 Å². The summed E-state index contributed by atoms with van der Waals surface area (Å²) in [6.45, 7) is 2.12. The van der Waals surface area contributed by atoms with Crippen LogP contribution in [0.15, 0.2) is 59.0 Å². The number of fused-ring (bicyclic) bond motifs is 1. The smallest absolute Gasteiger partial charge is 0.338 e. The van der Waals surface area contributed by atoms with Gasteiger partial charge in [0.15, 0.2) is 0 Å². The first-order valence-electron chi connectivity index (χ1n) is 6.43. The van der Waals surface area contributed by atoms with Gasteiger partial charge in [-0.3, -0.25) is 0 Å². The van der Waals surface area contributed by atoms with E-state index in [1.165, 1.54) is 0 Å². The van der Waals surface area contributed by atoms with Crippen LogP contribution in [0.5, 0.6) is 0 Å². The van der Waals surface area contributed by atoms with Crippen LogP contribution in [0.1, 0.15) is 21.7 Å². The van der Waals surface area contributed by atoms with Crippen molar-refractivity contribution in [3.63, 3.8) is 0 Å². The Balaban J connectivity index is 1.69. The zero-order chi connectivity index (χ0) is 13.9. The van der Waals surface area contributed by atoms with Gasteiger partial charge in [0, 0.05) is 5.39 Å². The summed E-state index contributed by atoms with van der Waals surface area (Å²) in [6, 6.07) is 16.9. The van der Waals surface area contributed by atoms with E-state index in [1.807, 2.05) is 49.4 Å². The van der Waals surface area contributed by atoms with Crippen molar-refractivity contribution in [1.29, 1.82) is 0 Å². The Morgan fingerprint density at radius 2 is 1.85 bits per heavy atom. The van der Waals surface area contributed by atoms with Crippen LogP contribution in [0.25, 0.3) is 11.0 Å². The Morgan fingerprint density at radius 1 is 1.10 bits per heavy atom. The van der Waals surface area contributed by atoms with Crippen LogP contribution < -0.4 is 0 Å². The molecule has 1 heterocycles. The lowest BCUT2D eigenvalue weighted by molar-refractivity contribution is 0.0447. The molecule has 0 unspecified atom stereocenters. The van der Waals surface area contributed by atoms with Crippen LogP contribution >= 0.6 is 0 Å². The lowest BCUT2D eigenvalue weighted by atomic mass is 10.1. The summed E-state index contributed by atoms with van der Waals surface area (Å²) in [5, 5.41) is 1.01. The van der Waals surface area contributed by atoms with Crippen LogP contribution in [-0.4, -0.2) is 5.97 Å². The molecule has 0 atom stereocenters. The predicted molar refractivity (Wildman–Crippen MR) is 76.5 cm³/mol. The maximum Gasteiger partial charge on any atom is 0.338 e. The fourth-order valence-electron chi connectivity index (χ4n) is 2.02. The van der Waals surface area contributed by atoms with Crippen LogP contribution in [0, 0.1) is 6.92 Å². The molecule has 0 bridgehead atoms. The quantitative estimate of drug-likeness (QED) is 0.670. The molecular weight excluding hydrogens is 252 g/mol. The average molecular weight is 266 g/mol. The maximum absolute atomic E-state index is 11.9. The molecule has 0 amide bonds. The highest BCUT2D eigenvalue weighted by atomic mass is 16.5. The van der Waals surface area contributed by atoms with Gasteiger partial charge in [0.05, 0.1) is 5.56 Å². The minimum Gasteiger partial charge on any atom is -0.457 e. The molecule has 0 aliphatic heterocycles. The second-order valence-corrected chi connectivity index (χ2v) is 4.69. The van der Waals surface area contributed by atoms with Crippen molar-refractivity contribution in [3.8, 4) is 0 Å². The summed E-state index contributed by atoms with van der Waals surface area (Å²) in [6.07, 6.45) is 0. The van der Waals surface area contributed by atoms with Gasteiger partial charge in [0.25, 0.3) is 0 Å². The Bertz CT molecular complexity index is 705. The van der Waals surface area contributed by atoms with Crippen molar-refractivity contribution < 1.29 is 13.9 Å². The largest absolute Gasteiger partial charge is 0.457 e. The topological polar surface area (TPSA) is 39.4 Å². The number of hydrogen-bond donors (Lipinski definition) is 0. The highest BCUT2D eigenvalue weighted by Crippen LogP contribution is 2.19. The van der Waals surface area contributed by atoms with E-state index in [0.717, 1.165) is 16.5 Å². The molecule has 0 N–H and O–H groups in total. The number of carbonyl (C=O) groups is 1. The summed E-state index contributed by atoms with van der Waals surface area (Å²) < 4.78 is 10.8. The van der Waals surface area contributed by atoms with Gasteiger partial charge < -0.3 is 9.15 Å². The number of ether oxygens (including phenoxy) is 1. The Labute approximate surface area is 116 Å². The lowest BCUT2D eigenvalue weighted by Gasteiger charge is -2.02. The lowest BCUT2D eigenvalue weighted by Crippen LogP contribution is -2.04. The zero-order valence-electron chi connectivity index (χ0n) is 11.1. The second-order valence-electron chi connectivity index (χ2n) is 4.69. The van der Waals surface area contributed by atoms with E-state index in [1.54, 1.807) is 12.1 Å². The third-order valence-corrected chi connectivity index (χ3v) is 3.11. The third-order valence-electron chi connectivity index (χ3n) is 3.11. The van der Waals surface area contributed by atoms with Crippen molar-refractivity contribution >= 4 is 16.9 Å². The molecule has 0 radical (unpaired) electrons. The SMILES string of the molecule is Cc1ccc(C(=O)OCc2cc3ccccc3o2)cc1. The fourth-order valence-corrected chi connectivity index (χ4v) is 2.02. The molecule has 20 heavy (non-hydrogen) atoms. The highest BCUT2D eigenvalue weighted by Gasteiger charge is 2.09. The predicted octanol–water partition coefficient (Wildman–Crippen LogP) is 4.10. The molecule has 1 aromatic heterocycles. The van der Waals surface area contributed by atoms with Crippen LogP contribution in [0.2, 0.25) is 0 Å². The molecule has 2 aromatic carbocycles. The first-order chi connectivity index (χ1) is 9.72. The summed E-state index contributed by atoms with van der Waals surface area (Å²) in [5.41, 5.74) is 2.46. The van der Waals surface area contributed by atoms with E-state index < -0.39 is 0 Å². The van der Waals surface area contributed by atoms with E-state index in [0.29, 0.717) is 11.3 Å². The molecule has 0 saturated carbocycles. The fraction of sp³-hybridized carbons (Fsp3) is 0.118. The molecule has 0 spiro atoms. The molecule has 3 rings (SSSR count). The summed E-state index contributed by atoms with van der Waals surface area (Å²) >= 11 is 0. The van der Waals surface area contributed by atoms with Crippen LogP contribution in [0.4, 0.5) is 0 Å². The number of benzene rings is 2. The van der Waals surface area contributed by atoms with Crippen molar-refractivity contribution in [2.45, 2.75) is 13.5 Å². The monoisotopic (exact) mass is 266 g/mol. The van der Waals surface area contributed by atoms with Gasteiger partial charge in [-0.05, 0) is 31.2 Å². The Hall–Kier alpha value is -2.55. The number of esters is 1. The summed E-state index contributed by atoms with van der Waals surface area (Å²) in [4.78, 5) is 11.9. The molecule has 0 fully saturated rings. The number of aryl methyl sites for hydroxylation is 1. The number of rotatable bonds is 3. The maximum atomic E-state index is 11.9. The molecule has 3 heteroatoms. The van der Waals surface area contributed by atoms with E-state index in [-0.39, 0.29) is 12.6 Å². The van der Waals surface area contributed by atoms with E-state index >= 15 is 0 Å². The third kappa shape index (κ3) is 2.57. The van der Waals surface area contributed by atoms with Crippen molar-refractivity contribution in [2.24, 2.45) is 0 Å². The highest BCUT2D eigenvalue weighted by molar-refractivity contribution is 5.89. The molecule has 0 aliphatic carbocycles. The average Bonchev–Trinajstić information content (AvgIpc) is 2.88. The van der Waals surface area contributed by atoms with E-state index in [2.05, 4.69) is 0 Å². The normalized spacial score (nSPS) is 10.7. The van der Waals surface area contributed by atoms with Gasteiger partial charge in [-0.15, -0.1) is 0 Å². The van der Waals surface area contributed by atoms with Crippen molar-refractivity contribution in [1.82, 2.24) is 0 Å². The molecule has 0 aliphatic rings. The second kappa shape index (κ2) is 5.21. The number of carbonyl (C=O) groups excluding carboxylic acids is 1. The Kier molecular flexibility index (Phi) is 3.25. The van der Waals surface area contributed by atoms with E-state index in [4.69, 9.17) is 9.15 Å². The summed E-state index contributed by atoms with van der Waals surface area (Å²) in [5.74, 6) is 0.303. The van der Waals surface area contributed by atoms with Gasteiger partial charge in [-0.1, -0.05) is 35.9 Å². The van der Waals surface area contributed by atoms with E-state index in [9.17, 15) is 4.79 Å². The molecule has 3 nitrogen and oxygen atoms in total. The van der Waals surface area contributed by atoms with Gasteiger partial charge >= 0.3 is 5.97 Å². The Morgan fingerprint density at radius 3 is 2.60 bits per heavy atom.